The Morgan fingerprint density at radius 1 is 1.16 bits per heavy atom. The van der Waals surface area contributed by atoms with Crippen molar-refractivity contribution >= 4 is 23.6 Å². The molecule has 2 rings (SSSR count). The number of aliphatic hydroxyl groups is 1. The first kappa shape index (κ1) is 23.7. The lowest BCUT2D eigenvalue weighted by molar-refractivity contribution is -0.151. The van der Waals surface area contributed by atoms with Gasteiger partial charge in [-0.3, -0.25) is 9.59 Å². The van der Waals surface area contributed by atoms with Crippen LogP contribution in [0.15, 0.2) is 59.1 Å². The van der Waals surface area contributed by atoms with Crippen molar-refractivity contribution in [3.05, 3.63) is 59.1 Å². The monoisotopic (exact) mass is 431 g/mol. The number of ketones is 1. The highest BCUT2D eigenvalue weighted by Crippen LogP contribution is 2.53. The average Bonchev–Trinajstić information content (AvgIpc) is 2.87. The maximum Gasteiger partial charge on any atom is 0.333 e. The predicted molar refractivity (Wildman–Crippen MR) is 110 cm³/mol. The highest BCUT2D eigenvalue weighted by molar-refractivity contribution is 6.08. The summed E-state index contributed by atoms with van der Waals surface area (Å²) < 4.78 is 11.0. The maximum atomic E-state index is 13.0. The molecular weight excluding hydrogens is 406 g/mol. The van der Waals surface area contributed by atoms with E-state index < -0.39 is 40.7 Å². The molecule has 1 fully saturated rings. The summed E-state index contributed by atoms with van der Waals surface area (Å²) in [6, 6.07) is 0. The van der Waals surface area contributed by atoms with E-state index in [4.69, 9.17) is 14.6 Å². The first-order valence-electron chi connectivity index (χ1n) is 9.43. The number of fused-ring (bicyclic) bond motifs is 1. The van der Waals surface area contributed by atoms with Crippen LogP contribution >= 0.6 is 0 Å². The minimum Gasteiger partial charge on any atom is -0.507 e. The van der Waals surface area contributed by atoms with Gasteiger partial charge in [0.05, 0.1) is 18.6 Å². The standard InChI is InChI=1S/C22H25NO8/c1-6-7-8-9-13(24)16-17(28)12(2)19(30-5)22(4)18(16)21(3,20(29)31-22)23-14(25)10-11-15(26)27/h6-11,18,28H,1-5H3,(H,23,25)(H,26,27)/b7-6+,9-8+,11-10+/t18-,21-,22+/m1/s1. The number of esters is 1. The average molecular weight is 431 g/mol. The Morgan fingerprint density at radius 2 is 1.81 bits per heavy atom. The second-order valence-corrected chi connectivity index (χ2v) is 7.46. The Labute approximate surface area is 179 Å². The molecule has 1 amide bonds. The lowest BCUT2D eigenvalue weighted by Gasteiger charge is -2.40. The quantitative estimate of drug-likeness (QED) is 0.315. The zero-order valence-electron chi connectivity index (χ0n) is 17.9. The molecule has 9 heteroatoms. The van der Waals surface area contributed by atoms with Gasteiger partial charge in [-0.15, -0.1) is 0 Å². The smallest absolute Gasteiger partial charge is 0.333 e. The molecular formula is C22H25NO8. The largest absolute Gasteiger partial charge is 0.507 e. The van der Waals surface area contributed by atoms with Crippen molar-refractivity contribution in [2.45, 2.75) is 38.8 Å². The van der Waals surface area contributed by atoms with Crippen molar-refractivity contribution in [2.75, 3.05) is 7.11 Å². The highest BCUT2D eigenvalue weighted by atomic mass is 16.6. The molecule has 166 valence electrons. The first-order chi connectivity index (χ1) is 14.4. The van der Waals surface area contributed by atoms with Crippen LogP contribution in [-0.4, -0.2) is 52.1 Å². The van der Waals surface area contributed by atoms with Crippen molar-refractivity contribution < 1.29 is 38.9 Å². The first-order valence-corrected chi connectivity index (χ1v) is 9.43. The number of aliphatic carboxylic acids is 1. The molecule has 0 bridgehead atoms. The van der Waals surface area contributed by atoms with Gasteiger partial charge in [-0.1, -0.05) is 18.2 Å². The lowest BCUT2D eigenvalue weighted by Crippen LogP contribution is -2.58. The van der Waals surface area contributed by atoms with Gasteiger partial charge in [0.1, 0.15) is 17.1 Å². The third kappa shape index (κ3) is 4.03. The van der Waals surface area contributed by atoms with E-state index in [0.29, 0.717) is 6.08 Å². The molecule has 0 unspecified atom stereocenters. The minimum absolute atomic E-state index is 0.127. The van der Waals surface area contributed by atoms with Crippen LogP contribution in [0.2, 0.25) is 0 Å². The van der Waals surface area contributed by atoms with Crippen molar-refractivity contribution in [3.8, 4) is 0 Å². The number of carboxylic acid groups (broad SMARTS) is 1. The Kier molecular flexibility index (Phi) is 6.58. The van der Waals surface area contributed by atoms with Gasteiger partial charge < -0.3 is 25.0 Å². The summed E-state index contributed by atoms with van der Waals surface area (Å²) in [5, 5.41) is 22.0. The summed E-state index contributed by atoms with van der Waals surface area (Å²) in [5.74, 6) is -5.08. The number of ether oxygens (including phenoxy) is 2. The summed E-state index contributed by atoms with van der Waals surface area (Å²) in [6.45, 7) is 6.16. The Balaban J connectivity index is 2.68. The molecule has 0 saturated carbocycles. The van der Waals surface area contributed by atoms with Crippen LogP contribution in [0.25, 0.3) is 0 Å². The second-order valence-electron chi connectivity index (χ2n) is 7.46. The van der Waals surface area contributed by atoms with E-state index in [9.17, 15) is 24.3 Å². The van der Waals surface area contributed by atoms with Crippen LogP contribution in [0, 0.1) is 5.92 Å². The molecule has 3 atom stereocenters. The normalized spacial score (nSPS) is 28.4. The van der Waals surface area contributed by atoms with Crippen LogP contribution in [-0.2, 0) is 28.7 Å². The van der Waals surface area contributed by atoms with Gasteiger partial charge in [-0.25, -0.2) is 9.59 Å². The van der Waals surface area contributed by atoms with Crippen LogP contribution in [0.5, 0.6) is 0 Å². The SMILES string of the molecule is C/C=C/C=C/C(=O)C1=C(O)C(C)=C(OC)[C@@]2(C)OC(=O)[C@](C)(NC(=O)/C=C/C(=O)O)[C@@H]12. The third-order valence-corrected chi connectivity index (χ3v) is 5.33. The van der Waals surface area contributed by atoms with E-state index >= 15 is 0 Å². The molecule has 0 radical (unpaired) electrons. The number of carbonyl (C=O) groups is 4. The van der Waals surface area contributed by atoms with Crippen molar-refractivity contribution in [1.29, 1.82) is 0 Å². The number of hydrogen-bond acceptors (Lipinski definition) is 7. The van der Waals surface area contributed by atoms with Crippen molar-refractivity contribution in [1.82, 2.24) is 5.32 Å². The fourth-order valence-electron chi connectivity index (χ4n) is 4.11. The van der Waals surface area contributed by atoms with Crippen molar-refractivity contribution in [3.63, 3.8) is 0 Å². The van der Waals surface area contributed by atoms with Gasteiger partial charge in [0.15, 0.2) is 11.4 Å². The Bertz CT molecular complexity index is 983. The van der Waals surface area contributed by atoms with Gasteiger partial charge in [0, 0.05) is 17.7 Å². The summed E-state index contributed by atoms with van der Waals surface area (Å²) in [4.78, 5) is 49.0. The lowest BCUT2D eigenvalue weighted by atomic mass is 9.66. The van der Waals surface area contributed by atoms with E-state index in [-0.39, 0.29) is 22.7 Å². The number of rotatable bonds is 7. The van der Waals surface area contributed by atoms with Crippen LogP contribution in [0.3, 0.4) is 0 Å². The molecule has 2 aliphatic rings. The van der Waals surface area contributed by atoms with E-state index in [1.807, 2.05) is 0 Å². The van der Waals surface area contributed by atoms with Gasteiger partial charge >= 0.3 is 11.9 Å². The number of carbonyl (C=O) groups excluding carboxylic acids is 3. The highest BCUT2D eigenvalue weighted by Gasteiger charge is 2.67. The number of carboxylic acids is 1. The molecule has 9 nitrogen and oxygen atoms in total. The Hall–Kier alpha value is -3.62. The molecule has 0 aromatic carbocycles. The number of methoxy groups -OCH3 is 1. The van der Waals surface area contributed by atoms with Gasteiger partial charge in [0.25, 0.3) is 0 Å². The number of aliphatic hydroxyl groups excluding tert-OH is 1. The van der Waals surface area contributed by atoms with Crippen LogP contribution < -0.4 is 5.32 Å². The van der Waals surface area contributed by atoms with Crippen LogP contribution in [0.4, 0.5) is 0 Å². The number of hydrogen-bond donors (Lipinski definition) is 3. The second kappa shape index (κ2) is 8.63. The van der Waals surface area contributed by atoms with Crippen molar-refractivity contribution in [2.24, 2.45) is 5.92 Å². The number of amides is 1. The molecule has 0 aromatic rings. The van der Waals surface area contributed by atoms with Gasteiger partial charge in [0.2, 0.25) is 5.91 Å². The summed E-state index contributed by atoms with van der Waals surface area (Å²) in [6.07, 6.45) is 7.39. The molecule has 1 saturated heterocycles. The van der Waals surface area contributed by atoms with Crippen LogP contribution in [0.1, 0.15) is 27.7 Å². The molecule has 0 aromatic heterocycles. The fraction of sp³-hybridized carbons (Fsp3) is 0.364. The maximum absolute atomic E-state index is 13.0. The molecule has 0 spiro atoms. The zero-order valence-corrected chi connectivity index (χ0v) is 17.9. The summed E-state index contributed by atoms with van der Waals surface area (Å²) >= 11 is 0. The topological polar surface area (TPSA) is 139 Å². The third-order valence-electron chi connectivity index (χ3n) is 5.33. The zero-order chi connectivity index (χ0) is 23.6. The summed E-state index contributed by atoms with van der Waals surface area (Å²) in [5.41, 5.74) is -3.21. The van der Waals surface area contributed by atoms with E-state index in [2.05, 4.69) is 5.32 Å². The molecule has 1 heterocycles. The van der Waals surface area contributed by atoms with E-state index in [1.165, 1.54) is 40.0 Å². The van der Waals surface area contributed by atoms with Gasteiger partial charge in [-0.05, 0) is 33.8 Å². The number of allylic oxidation sites excluding steroid dienone is 5. The molecule has 31 heavy (non-hydrogen) atoms. The molecule has 1 aliphatic heterocycles. The summed E-state index contributed by atoms with van der Waals surface area (Å²) in [7, 11) is 1.34. The molecule has 1 aliphatic carbocycles. The Morgan fingerprint density at radius 3 is 2.35 bits per heavy atom. The minimum atomic E-state index is -1.80. The fourth-order valence-corrected chi connectivity index (χ4v) is 4.11. The predicted octanol–water partition coefficient (Wildman–Crippen LogP) is 1.88. The van der Waals surface area contributed by atoms with E-state index in [1.54, 1.807) is 19.1 Å². The molecule has 3 N–H and O–H groups in total. The van der Waals surface area contributed by atoms with Gasteiger partial charge in [-0.2, -0.15) is 0 Å². The number of nitrogens with one attached hydrogen (secondary N) is 1. The van der Waals surface area contributed by atoms with E-state index in [0.717, 1.165) is 6.08 Å².